The molecule has 0 heterocycles. The quantitative estimate of drug-likeness (QED) is 0.0478. The molecular formula is C37H69NO4. The third-order valence-corrected chi connectivity index (χ3v) is 7.96. The van der Waals surface area contributed by atoms with E-state index in [1.807, 2.05) is 6.08 Å². The van der Waals surface area contributed by atoms with Gasteiger partial charge in [-0.25, -0.2) is 0 Å². The Morgan fingerprint density at radius 2 is 0.976 bits per heavy atom. The van der Waals surface area contributed by atoms with Gasteiger partial charge in [0.15, 0.2) is 0 Å². The lowest BCUT2D eigenvalue weighted by Gasteiger charge is -2.21. The Bertz CT molecular complexity index is 660. The van der Waals surface area contributed by atoms with Crippen molar-refractivity contribution in [2.45, 2.75) is 186 Å². The van der Waals surface area contributed by atoms with Gasteiger partial charge >= 0.3 is 0 Å². The van der Waals surface area contributed by atoms with E-state index < -0.39 is 24.2 Å². The summed E-state index contributed by atoms with van der Waals surface area (Å²) in [5, 5.41) is 32.9. The van der Waals surface area contributed by atoms with Crippen molar-refractivity contribution < 1.29 is 20.1 Å². The van der Waals surface area contributed by atoms with Crippen LogP contribution < -0.4 is 5.32 Å². The second-order valence-electron chi connectivity index (χ2n) is 12.1. The predicted molar refractivity (Wildman–Crippen MR) is 181 cm³/mol. The first-order valence-corrected chi connectivity index (χ1v) is 17.8. The van der Waals surface area contributed by atoms with Crippen LogP contribution in [0, 0.1) is 0 Å². The van der Waals surface area contributed by atoms with Gasteiger partial charge in [0.05, 0.1) is 18.8 Å². The first kappa shape index (κ1) is 40.6. The monoisotopic (exact) mass is 592 g/mol. The molecule has 3 unspecified atom stereocenters. The summed E-state index contributed by atoms with van der Waals surface area (Å²) in [4.78, 5) is 12.4. The van der Waals surface area contributed by atoms with Gasteiger partial charge in [-0.3, -0.25) is 4.79 Å². The van der Waals surface area contributed by atoms with Crippen molar-refractivity contribution in [3.63, 3.8) is 0 Å². The number of aliphatic hydroxyl groups excluding tert-OH is 3. The minimum Gasteiger partial charge on any atom is -0.394 e. The van der Waals surface area contributed by atoms with Gasteiger partial charge in [-0.1, -0.05) is 159 Å². The van der Waals surface area contributed by atoms with Gasteiger partial charge in [0.1, 0.15) is 6.10 Å². The molecule has 0 aliphatic rings. The van der Waals surface area contributed by atoms with Crippen molar-refractivity contribution in [1.82, 2.24) is 5.32 Å². The first-order chi connectivity index (χ1) is 20.6. The minimum atomic E-state index is -1.10. The van der Waals surface area contributed by atoms with Crippen molar-refractivity contribution in [3.05, 3.63) is 36.5 Å². The average molecular weight is 592 g/mol. The molecule has 1 amide bonds. The Hall–Kier alpha value is -1.43. The van der Waals surface area contributed by atoms with Crippen LogP contribution in [0.5, 0.6) is 0 Å². The first-order valence-electron chi connectivity index (χ1n) is 17.8. The fourth-order valence-corrected chi connectivity index (χ4v) is 5.10. The second-order valence-corrected chi connectivity index (χ2v) is 12.1. The fourth-order valence-electron chi connectivity index (χ4n) is 5.10. The van der Waals surface area contributed by atoms with E-state index in [2.05, 4.69) is 43.5 Å². The highest BCUT2D eigenvalue weighted by Gasteiger charge is 2.22. The Balaban J connectivity index is 3.84. The number of carbonyl (C=O) groups is 1. The molecule has 3 atom stereocenters. The standard InChI is InChI=1S/C37H69NO4/c1-3-5-7-9-11-13-15-17-19-21-23-25-27-29-31-35(40)34(33-39)38-37(42)36(41)32-30-28-26-24-22-20-18-16-14-12-10-8-6-4-2/h13,15,21,23,29,31,34-36,39-41H,3-12,14,16-20,22,24-28,30,32-33H2,1-2H3,(H,38,42)/b15-13+,23-21+,31-29+. The predicted octanol–water partition coefficient (Wildman–Crippen LogP) is 9.26. The van der Waals surface area contributed by atoms with Gasteiger partial charge in [0.25, 0.3) is 0 Å². The summed E-state index contributed by atoms with van der Waals surface area (Å²) in [7, 11) is 0. The summed E-state index contributed by atoms with van der Waals surface area (Å²) in [5.41, 5.74) is 0. The molecule has 0 aromatic heterocycles. The molecule has 0 aromatic carbocycles. The number of hydrogen-bond donors (Lipinski definition) is 4. The van der Waals surface area contributed by atoms with Gasteiger partial charge in [0.2, 0.25) is 5.91 Å². The lowest BCUT2D eigenvalue weighted by Crippen LogP contribution is -2.48. The highest BCUT2D eigenvalue weighted by molar-refractivity contribution is 5.80. The zero-order valence-corrected chi connectivity index (χ0v) is 27.6. The molecule has 5 heteroatoms. The van der Waals surface area contributed by atoms with Crippen molar-refractivity contribution >= 4 is 5.91 Å². The van der Waals surface area contributed by atoms with Crippen molar-refractivity contribution in [2.75, 3.05) is 6.61 Å². The number of rotatable bonds is 31. The highest BCUT2D eigenvalue weighted by Crippen LogP contribution is 2.14. The van der Waals surface area contributed by atoms with E-state index in [9.17, 15) is 20.1 Å². The number of amides is 1. The third kappa shape index (κ3) is 27.4. The largest absolute Gasteiger partial charge is 0.394 e. The molecule has 0 radical (unpaired) electrons. The van der Waals surface area contributed by atoms with Crippen LogP contribution in [0.3, 0.4) is 0 Å². The van der Waals surface area contributed by atoms with Gasteiger partial charge in [-0.2, -0.15) is 0 Å². The van der Waals surface area contributed by atoms with Crippen LogP contribution in [-0.4, -0.2) is 46.1 Å². The van der Waals surface area contributed by atoms with Crippen LogP contribution >= 0.6 is 0 Å². The number of hydrogen-bond acceptors (Lipinski definition) is 4. The van der Waals surface area contributed by atoms with Gasteiger partial charge in [-0.15, -0.1) is 0 Å². The molecular weight excluding hydrogens is 522 g/mol. The molecule has 246 valence electrons. The molecule has 0 rings (SSSR count). The smallest absolute Gasteiger partial charge is 0.249 e. The number of carbonyl (C=O) groups excluding carboxylic acids is 1. The molecule has 0 saturated heterocycles. The zero-order chi connectivity index (χ0) is 30.9. The SMILES string of the molecule is CCCCCC/C=C/CC/C=C/CC/C=C/C(O)C(CO)NC(=O)C(O)CCCCCCCCCCCCCCCC. The van der Waals surface area contributed by atoms with Crippen molar-refractivity contribution in [3.8, 4) is 0 Å². The number of nitrogens with one attached hydrogen (secondary N) is 1. The van der Waals surface area contributed by atoms with Crippen LogP contribution in [0.2, 0.25) is 0 Å². The maximum atomic E-state index is 12.4. The summed E-state index contributed by atoms with van der Waals surface area (Å²) in [6.07, 6.45) is 38.7. The second kappa shape index (κ2) is 32.5. The molecule has 0 aliphatic carbocycles. The Morgan fingerprint density at radius 1 is 0.571 bits per heavy atom. The lowest BCUT2D eigenvalue weighted by molar-refractivity contribution is -0.131. The molecule has 4 N–H and O–H groups in total. The molecule has 42 heavy (non-hydrogen) atoms. The third-order valence-electron chi connectivity index (χ3n) is 7.96. The summed E-state index contributed by atoms with van der Waals surface area (Å²) < 4.78 is 0. The van der Waals surface area contributed by atoms with E-state index in [0.717, 1.165) is 44.9 Å². The average Bonchev–Trinajstić information content (AvgIpc) is 2.99. The van der Waals surface area contributed by atoms with Gasteiger partial charge in [0, 0.05) is 0 Å². The van der Waals surface area contributed by atoms with Gasteiger partial charge < -0.3 is 20.6 Å². The molecule has 0 bridgehead atoms. The topological polar surface area (TPSA) is 89.8 Å². The van der Waals surface area contributed by atoms with Crippen LogP contribution in [0.4, 0.5) is 0 Å². The van der Waals surface area contributed by atoms with E-state index in [0.29, 0.717) is 6.42 Å². The number of allylic oxidation sites excluding steroid dienone is 5. The van der Waals surface area contributed by atoms with E-state index >= 15 is 0 Å². The Morgan fingerprint density at radius 3 is 1.45 bits per heavy atom. The van der Waals surface area contributed by atoms with Crippen LogP contribution in [0.15, 0.2) is 36.5 Å². The summed E-state index contributed by atoms with van der Waals surface area (Å²) in [6.45, 7) is 4.12. The fraction of sp³-hybridized carbons (Fsp3) is 0.811. The maximum Gasteiger partial charge on any atom is 0.249 e. The van der Waals surface area contributed by atoms with E-state index in [4.69, 9.17) is 0 Å². The molecule has 0 fully saturated rings. The van der Waals surface area contributed by atoms with E-state index in [1.165, 1.54) is 103 Å². The Kier molecular flexibility index (Phi) is 31.4. The maximum absolute atomic E-state index is 12.4. The zero-order valence-electron chi connectivity index (χ0n) is 27.6. The van der Waals surface area contributed by atoms with Crippen LogP contribution in [-0.2, 0) is 4.79 Å². The Labute approximate surface area is 260 Å². The van der Waals surface area contributed by atoms with E-state index in [1.54, 1.807) is 6.08 Å². The molecule has 0 aliphatic heterocycles. The molecule has 0 aromatic rings. The normalized spacial score (nSPS) is 14.3. The van der Waals surface area contributed by atoms with Crippen LogP contribution in [0.25, 0.3) is 0 Å². The summed E-state index contributed by atoms with van der Waals surface area (Å²) in [5.74, 6) is -0.519. The van der Waals surface area contributed by atoms with Crippen LogP contribution in [0.1, 0.15) is 168 Å². The number of aliphatic hydroxyl groups is 3. The molecule has 5 nitrogen and oxygen atoms in total. The summed E-state index contributed by atoms with van der Waals surface area (Å²) >= 11 is 0. The van der Waals surface area contributed by atoms with E-state index in [-0.39, 0.29) is 6.61 Å². The highest BCUT2D eigenvalue weighted by atomic mass is 16.3. The number of unbranched alkanes of at least 4 members (excludes halogenated alkanes) is 19. The van der Waals surface area contributed by atoms with Crippen molar-refractivity contribution in [1.29, 1.82) is 0 Å². The molecule has 0 saturated carbocycles. The van der Waals surface area contributed by atoms with Crippen molar-refractivity contribution in [2.24, 2.45) is 0 Å². The minimum absolute atomic E-state index is 0.380. The summed E-state index contributed by atoms with van der Waals surface area (Å²) in [6, 6.07) is -0.816. The van der Waals surface area contributed by atoms with Gasteiger partial charge in [-0.05, 0) is 44.9 Å². The molecule has 0 spiro atoms. The lowest BCUT2D eigenvalue weighted by atomic mass is 10.0.